The third-order valence-electron chi connectivity index (χ3n) is 6.03. The van der Waals surface area contributed by atoms with Gasteiger partial charge in [0.15, 0.2) is 0 Å². The van der Waals surface area contributed by atoms with Gasteiger partial charge in [0.25, 0.3) is 0 Å². The Morgan fingerprint density at radius 2 is 1.75 bits per heavy atom. The highest BCUT2D eigenvalue weighted by atomic mass is 16.2. The van der Waals surface area contributed by atoms with E-state index in [2.05, 4.69) is 41.4 Å². The lowest BCUT2D eigenvalue weighted by Gasteiger charge is -2.28. The van der Waals surface area contributed by atoms with Crippen LogP contribution in [0.2, 0.25) is 0 Å². The average Bonchev–Trinajstić information content (AvgIpc) is 2.79. The highest BCUT2D eigenvalue weighted by molar-refractivity contribution is 5.75. The Morgan fingerprint density at radius 3 is 2.41 bits per heavy atom. The van der Waals surface area contributed by atoms with E-state index in [0.717, 1.165) is 88.7 Å². The lowest BCUT2D eigenvalue weighted by atomic mass is 9.78. The van der Waals surface area contributed by atoms with Crippen LogP contribution in [-0.4, -0.2) is 49.7 Å². The van der Waals surface area contributed by atoms with E-state index in [1.54, 1.807) is 6.21 Å². The van der Waals surface area contributed by atoms with E-state index in [0.29, 0.717) is 18.4 Å². The van der Waals surface area contributed by atoms with Crippen molar-refractivity contribution in [2.75, 3.05) is 26.2 Å². The monoisotopic (exact) mass is 450 g/mol. The summed E-state index contributed by atoms with van der Waals surface area (Å²) in [6.07, 6.45) is 14.6. The van der Waals surface area contributed by atoms with E-state index in [4.69, 9.17) is 5.11 Å². The van der Waals surface area contributed by atoms with Crippen LogP contribution in [0.1, 0.15) is 105 Å². The number of carbonyl (C=O) groups is 1. The first-order valence-electron chi connectivity index (χ1n) is 12.7. The van der Waals surface area contributed by atoms with Crippen LogP contribution in [0.25, 0.3) is 0 Å². The smallest absolute Gasteiger partial charge is 0.219 e. The number of nitrogens with one attached hydrogen (secondary N) is 2. The van der Waals surface area contributed by atoms with Gasteiger partial charge in [-0.25, -0.2) is 0 Å². The number of carbonyl (C=O) groups excluding carboxylic acids is 1. The third kappa shape index (κ3) is 16.2. The number of rotatable bonds is 20. The molecule has 0 aromatic rings. The maximum Gasteiger partial charge on any atom is 0.219 e. The highest BCUT2D eigenvalue weighted by Crippen LogP contribution is 2.33. The quantitative estimate of drug-likeness (QED) is 0.171. The van der Waals surface area contributed by atoms with Gasteiger partial charge in [0.05, 0.1) is 11.4 Å². The molecule has 0 aromatic heterocycles. The zero-order valence-corrected chi connectivity index (χ0v) is 21.5. The van der Waals surface area contributed by atoms with Crippen molar-refractivity contribution >= 4 is 18.3 Å². The molecule has 0 saturated carbocycles. The molecule has 6 heteroatoms. The number of hydrogen-bond acceptors (Lipinski definition) is 5. The van der Waals surface area contributed by atoms with Crippen LogP contribution in [0.3, 0.4) is 0 Å². The Bertz CT molecular complexity index is 572. The van der Waals surface area contributed by atoms with Crippen LogP contribution in [0, 0.1) is 5.41 Å². The SMILES string of the molecule is C\C=N/C(C)=C(CNCCCCNC(=O)CCCCC(C)(CC)CCCO)/N=C\CCC. The minimum atomic E-state index is 0.162. The van der Waals surface area contributed by atoms with Gasteiger partial charge in [-0.15, -0.1) is 0 Å². The van der Waals surface area contributed by atoms with Crippen LogP contribution in [0.5, 0.6) is 0 Å². The summed E-state index contributed by atoms with van der Waals surface area (Å²) < 4.78 is 0. The molecule has 0 spiro atoms. The molecule has 1 atom stereocenters. The normalized spacial score (nSPS) is 14.7. The van der Waals surface area contributed by atoms with Gasteiger partial charge in [0.1, 0.15) is 0 Å². The van der Waals surface area contributed by atoms with Crippen molar-refractivity contribution < 1.29 is 9.90 Å². The molecule has 0 bridgehead atoms. The van der Waals surface area contributed by atoms with Crippen molar-refractivity contribution in [2.45, 2.75) is 105 Å². The Morgan fingerprint density at radius 1 is 1.03 bits per heavy atom. The average molecular weight is 451 g/mol. The van der Waals surface area contributed by atoms with Gasteiger partial charge in [-0.1, -0.05) is 40.0 Å². The molecule has 1 amide bonds. The number of unbranched alkanes of at least 4 members (excludes halogenated alkanes) is 3. The van der Waals surface area contributed by atoms with E-state index < -0.39 is 0 Å². The third-order valence-corrected chi connectivity index (χ3v) is 6.03. The second kappa shape index (κ2) is 20.1. The predicted molar refractivity (Wildman–Crippen MR) is 139 cm³/mol. The molecule has 0 rings (SSSR count). The first kappa shape index (κ1) is 30.5. The van der Waals surface area contributed by atoms with Gasteiger partial charge in [-0.3, -0.25) is 14.8 Å². The summed E-state index contributed by atoms with van der Waals surface area (Å²) in [7, 11) is 0. The molecule has 32 heavy (non-hydrogen) atoms. The van der Waals surface area contributed by atoms with Crippen LogP contribution in [0.15, 0.2) is 21.4 Å². The molecular weight excluding hydrogens is 400 g/mol. The summed E-state index contributed by atoms with van der Waals surface area (Å²) >= 11 is 0. The molecule has 0 aromatic carbocycles. The molecule has 1 unspecified atom stereocenters. The van der Waals surface area contributed by atoms with E-state index in [9.17, 15) is 4.79 Å². The Labute approximate surface area is 197 Å². The van der Waals surface area contributed by atoms with E-state index in [1.807, 2.05) is 20.1 Å². The number of aliphatic hydroxyl groups is 1. The first-order chi connectivity index (χ1) is 15.4. The predicted octanol–water partition coefficient (Wildman–Crippen LogP) is 5.41. The molecule has 0 saturated heterocycles. The molecule has 0 aliphatic carbocycles. The van der Waals surface area contributed by atoms with Gasteiger partial charge in [0.2, 0.25) is 5.91 Å². The number of aliphatic imine (C=N–C) groups is 2. The molecule has 6 nitrogen and oxygen atoms in total. The minimum Gasteiger partial charge on any atom is -0.396 e. The standard InChI is InChI=1S/C26H50N4O2/c1-6-9-19-29-24(23(4)28-8-3)22-27-18-12-13-20-30-25(32)15-10-11-16-26(5,7-2)17-14-21-31/h8,19,27,31H,6-7,9-18,20-22H2,1-5H3,(H,30,32)/b24-23+,28-8-,29-19-. The number of allylic oxidation sites excluding steroid dienone is 1. The van der Waals surface area contributed by atoms with Crippen molar-refractivity contribution in [1.82, 2.24) is 10.6 Å². The maximum atomic E-state index is 12.1. The molecule has 3 N–H and O–H groups in total. The van der Waals surface area contributed by atoms with Gasteiger partial charge in [-0.2, -0.15) is 0 Å². The molecule has 186 valence electrons. The number of nitrogens with zero attached hydrogens (tertiary/aromatic N) is 2. The summed E-state index contributed by atoms with van der Waals surface area (Å²) in [5.74, 6) is 0.162. The number of hydrogen-bond donors (Lipinski definition) is 3. The van der Waals surface area contributed by atoms with Crippen LogP contribution in [-0.2, 0) is 4.79 Å². The minimum absolute atomic E-state index is 0.162. The molecule has 0 aliphatic rings. The van der Waals surface area contributed by atoms with E-state index >= 15 is 0 Å². The van der Waals surface area contributed by atoms with Crippen molar-refractivity contribution in [2.24, 2.45) is 15.4 Å². The van der Waals surface area contributed by atoms with Gasteiger partial charge < -0.3 is 15.7 Å². The largest absolute Gasteiger partial charge is 0.396 e. The maximum absolute atomic E-state index is 12.1. The molecule has 0 aliphatic heterocycles. The zero-order chi connectivity index (χ0) is 24.1. The first-order valence-corrected chi connectivity index (χ1v) is 12.7. The number of aliphatic hydroxyl groups excluding tert-OH is 1. The van der Waals surface area contributed by atoms with E-state index in [-0.39, 0.29) is 12.5 Å². The van der Waals surface area contributed by atoms with Gasteiger partial charge in [0, 0.05) is 38.5 Å². The van der Waals surface area contributed by atoms with Crippen LogP contribution in [0.4, 0.5) is 0 Å². The topological polar surface area (TPSA) is 86.1 Å². The fraction of sp³-hybridized carbons (Fsp3) is 0.808. The van der Waals surface area contributed by atoms with Gasteiger partial charge >= 0.3 is 0 Å². The van der Waals surface area contributed by atoms with E-state index in [1.165, 1.54) is 0 Å². The summed E-state index contributed by atoms with van der Waals surface area (Å²) in [4.78, 5) is 21.0. The fourth-order valence-corrected chi connectivity index (χ4v) is 3.56. The Kier molecular flexibility index (Phi) is 19.1. The molecule has 0 radical (unpaired) electrons. The second-order valence-electron chi connectivity index (χ2n) is 8.95. The summed E-state index contributed by atoms with van der Waals surface area (Å²) in [5.41, 5.74) is 2.23. The Balaban J connectivity index is 3.95. The summed E-state index contributed by atoms with van der Waals surface area (Å²) in [6, 6.07) is 0. The van der Waals surface area contributed by atoms with Crippen molar-refractivity contribution in [3.63, 3.8) is 0 Å². The number of amides is 1. The van der Waals surface area contributed by atoms with Crippen LogP contribution >= 0.6 is 0 Å². The molecular formula is C26H50N4O2. The van der Waals surface area contributed by atoms with Crippen molar-refractivity contribution in [3.8, 4) is 0 Å². The van der Waals surface area contributed by atoms with Crippen LogP contribution < -0.4 is 10.6 Å². The zero-order valence-electron chi connectivity index (χ0n) is 21.5. The molecule has 0 heterocycles. The highest BCUT2D eigenvalue weighted by Gasteiger charge is 2.20. The fourth-order valence-electron chi connectivity index (χ4n) is 3.56. The lowest BCUT2D eigenvalue weighted by molar-refractivity contribution is -0.121. The Hall–Kier alpha value is -1.53. The molecule has 0 fully saturated rings. The van der Waals surface area contributed by atoms with Crippen molar-refractivity contribution in [3.05, 3.63) is 11.4 Å². The second-order valence-corrected chi connectivity index (χ2v) is 8.95. The summed E-state index contributed by atoms with van der Waals surface area (Å²) in [5, 5.41) is 15.5. The lowest BCUT2D eigenvalue weighted by Crippen LogP contribution is -2.25. The summed E-state index contributed by atoms with van der Waals surface area (Å²) in [6.45, 7) is 13.2. The van der Waals surface area contributed by atoms with Crippen molar-refractivity contribution in [1.29, 1.82) is 0 Å². The van der Waals surface area contributed by atoms with Gasteiger partial charge in [-0.05, 0) is 70.8 Å².